The number of aryl methyl sites for hydroxylation is 1. The van der Waals surface area contributed by atoms with E-state index in [0.29, 0.717) is 24.4 Å². The number of hydrogen-bond donors (Lipinski definition) is 3. The van der Waals surface area contributed by atoms with E-state index in [9.17, 15) is 4.57 Å². The van der Waals surface area contributed by atoms with Gasteiger partial charge in [-0.05, 0) is 41.8 Å². The first-order chi connectivity index (χ1) is 16.3. The van der Waals surface area contributed by atoms with Gasteiger partial charge in [-0.1, -0.05) is 47.6 Å². The Morgan fingerprint density at radius 1 is 1.15 bits per heavy atom. The second kappa shape index (κ2) is 10.4. The number of phosphoric ester groups is 1. The Bertz CT molecular complexity index is 1230. The van der Waals surface area contributed by atoms with Gasteiger partial charge in [0.05, 0.1) is 5.69 Å². The van der Waals surface area contributed by atoms with E-state index < -0.39 is 14.0 Å². The standard InChI is InChI=1S/C24H26N3O6P/c1-17-4-2-5-21(12-17)31-15-19-9-7-18(8-10-19)13-20-14-23(33-26-20)22-6-3-11-27(24(22)25)16-32-34(28,29)30/h2-12,14,24H,13,15-16,25H2,1H3,(H2,28,29,30). The van der Waals surface area contributed by atoms with Gasteiger partial charge < -0.3 is 29.7 Å². The van der Waals surface area contributed by atoms with Crippen LogP contribution in [0.25, 0.3) is 5.57 Å². The Balaban J connectivity index is 1.35. The van der Waals surface area contributed by atoms with Gasteiger partial charge >= 0.3 is 7.82 Å². The highest BCUT2D eigenvalue weighted by molar-refractivity contribution is 7.46. The molecule has 1 aromatic heterocycles. The SMILES string of the molecule is Cc1cccc(OCc2ccc(Cc3cc(C4=CC=CN(COP(=O)(O)O)C4N)on3)cc2)c1. The Labute approximate surface area is 197 Å². The van der Waals surface area contributed by atoms with E-state index in [2.05, 4.69) is 9.68 Å². The summed E-state index contributed by atoms with van der Waals surface area (Å²) in [6, 6.07) is 17.9. The first-order valence-electron chi connectivity index (χ1n) is 10.6. The quantitative estimate of drug-likeness (QED) is 0.390. The van der Waals surface area contributed by atoms with Crippen LogP contribution in [0, 0.1) is 6.92 Å². The summed E-state index contributed by atoms with van der Waals surface area (Å²) in [5, 5.41) is 4.14. The van der Waals surface area contributed by atoms with Gasteiger partial charge in [-0.15, -0.1) is 0 Å². The van der Waals surface area contributed by atoms with Crippen molar-refractivity contribution in [2.75, 3.05) is 6.73 Å². The number of rotatable bonds is 9. The molecule has 2 heterocycles. The lowest BCUT2D eigenvalue weighted by molar-refractivity contribution is 0.110. The van der Waals surface area contributed by atoms with E-state index in [0.717, 1.165) is 28.1 Å². The fraction of sp³-hybridized carbons (Fsp3) is 0.208. The van der Waals surface area contributed by atoms with Crippen LogP contribution in [-0.4, -0.2) is 32.7 Å². The molecule has 4 rings (SSSR count). The van der Waals surface area contributed by atoms with Crippen LogP contribution in [0.1, 0.15) is 28.1 Å². The Morgan fingerprint density at radius 3 is 2.65 bits per heavy atom. The van der Waals surface area contributed by atoms with Crippen molar-refractivity contribution < 1.29 is 28.1 Å². The molecule has 0 spiro atoms. The molecule has 0 fully saturated rings. The molecule has 4 N–H and O–H groups in total. The van der Waals surface area contributed by atoms with E-state index in [-0.39, 0.29) is 6.73 Å². The summed E-state index contributed by atoms with van der Waals surface area (Å²) in [5.74, 6) is 1.33. The smallest absolute Gasteiger partial charge is 0.471 e. The largest absolute Gasteiger partial charge is 0.489 e. The van der Waals surface area contributed by atoms with Crippen LogP contribution in [0.15, 0.2) is 77.5 Å². The van der Waals surface area contributed by atoms with Gasteiger partial charge in [0, 0.05) is 24.3 Å². The molecule has 10 heteroatoms. The zero-order valence-corrected chi connectivity index (χ0v) is 19.5. The number of hydrogen-bond acceptors (Lipinski definition) is 7. The van der Waals surface area contributed by atoms with E-state index in [1.165, 1.54) is 4.90 Å². The van der Waals surface area contributed by atoms with Crippen molar-refractivity contribution in [2.24, 2.45) is 5.73 Å². The monoisotopic (exact) mass is 483 g/mol. The number of nitrogens with zero attached hydrogens (tertiary/aromatic N) is 2. The highest BCUT2D eigenvalue weighted by Gasteiger charge is 2.25. The average Bonchev–Trinajstić information content (AvgIpc) is 3.25. The number of benzene rings is 2. The Morgan fingerprint density at radius 2 is 1.91 bits per heavy atom. The van der Waals surface area contributed by atoms with Crippen molar-refractivity contribution in [1.29, 1.82) is 0 Å². The van der Waals surface area contributed by atoms with E-state index >= 15 is 0 Å². The maximum atomic E-state index is 11.0. The van der Waals surface area contributed by atoms with Crippen molar-refractivity contribution in [3.8, 4) is 5.75 Å². The summed E-state index contributed by atoms with van der Waals surface area (Å²) in [6.45, 7) is 2.16. The molecule has 2 aromatic carbocycles. The summed E-state index contributed by atoms with van der Waals surface area (Å²) < 4.78 is 26.9. The van der Waals surface area contributed by atoms with Gasteiger partial charge in [-0.3, -0.25) is 4.52 Å². The number of allylic oxidation sites excluding steroid dienone is 2. The molecular formula is C24H26N3O6P. The minimum absolute atomic E-state index is 0.361. The van der Waals surface area contributed by atoms with Crippen LogP contribution >= 0.6 is 7.82 Å². The molecule has 0 amide bonds. The third-order valence-electron chi connectivity index (χ3n) is 5.25. The second-order valence-electron chi connectivity index (χ2n) is 7.95. The van der Waals surface area contributed by atoms with Gasteiger partial charge in [0.25, 0.3) is 0 Å². The Hall–Kier alpha value is -3.20. The first-order valence-corrected chi connectivity index (χ1v) is 12.1. The zero-order valence-electron chi connectivity index (χ0n) is 18.6. The molecule has 34 heavy (non-hydrogen) atoms. The van der Waals surface area contributed by atoms with Crippen molar-refractivity contribution in [3.05, 3.63) is 101 Å². The summed E-state index contributed by atoms with van der Waals surface area (Å²) in [7, 11) is -4.61. The molecular weight excluding hydrogens is 457 g/mol. The van der Waals surface area contributed by atoms with Crippen molar-refractivity contribution in [3.63, 3.8) is 0 Å². The van der Waals surface area contributed by atoms with E-state index in [1.54, 1.807) is 18.4 Å². The summed E-state index contributed by atoms with van der Waals surface area (Å²) in [4.78, 5) is 19.3. The molecule has 0 bridgehead atoms. The molecule has 0 aliphatic carbocycles. The molecule has 9 nitrogen and oxygen atoms in total. The summed E-state index contributed by atoms with van der Waals surface area (Å²) in [5.41, 5.74) is 10.9. The lowest BCUT2D eigenvalue weighted by atomic mass is 10.0. The first kappa shape index (κ1) is 23.9. The van der Waals surface area contributed by atoms with Crippen LogP contribution in [0.2, 0.25) is 0 Å². The van der Waals surface area contributed by atoms with E-state index in [4.69, 9.17) is 24.8 Å². The molecule has 1 atom stereocenters. The van der Waals surface area contributed by atoms with Crippen LogP contribution in [0.4, 0.5) is 0 Å². The highest BCUT2D eigenvalue weighted by atomic mass is 31.2. The molecule has 0 saturated carbocycles. The second-order valence-corrected chi connectivity index (χ2v) is 9.19. The lowest BCUT2D eigenvalue weighted by Crippen LogP contribution is -2.41. The number of phosphoric acid groups is 1. The topological polar surface area (TPSA) is 131 Å². The molecule has 0 radical (unpaired) electrons. The molecule has 0 saturated heterocycles. The number of aromatic nitrogens is 1. The molecule has 1 aliphatic rings. The molecule has 1 aliphatic heterocycles. The third kappa shape index (κ3) is 6.44. The summed E-state index contributed by atoms with van der Waals surface area (Å²) in [6.07, 6.45) is 4.93. The van der Waals surface area contributed by atoms with Gasteiger partial charge in [-0.25, -0.2) is 4.57 Å². The van der Waals surface area contributed by atoms with Gasteiger partial charge in [0.15, 0.2) is 5.76 Å². The number of ether oxygens (including phenoxy) is 1. The van der Waals surface area contributed by atoms with Crippen molar-refractivity contribution in [2.45, 2.75) is 26.1 Å². The minimum atomic E-state index is -4.61. The van der Waals surface area contributed by atoms with Crippen LogP contribution in [0.3, 0.4) is 0 Å². The van der Waals surface area contributed by atoms with Crippen molar-refractivity contribution >= 4 is 13.4 Å². The maximum absolute atomic E-state index is 11.0. The highest BCUT2D eigenvalue weighted by Crippen LogP contribution is 2.36. The van der Waals surface area contributed by atoms with Crippen LogP contribution in [0.5, 0.6) is 5.75 Å². The zero-order chi connectivity index (χ0) is 24.1. The fourth-order valence-corrected chi connectivity index (χ4v) is 3.77. The predicted molar refractivity (Wildman–Crippen MR) is 126 cm³/mol. The predicted octanol–water partition coefficient (Wildman–Crippen LogP) is 3.72. The van der Waals surface area contributed by atoms with Crippen LogP contribution in [-0.2, 0) is 22.1 Å². The third-order valence-corrected chi connectivity index (χ3v) is 5.70. The maximum Gasteiger partial charge on any atom is 0.471 e. The average molecular weight is 483 g/mol. The Kier molecular flexibility index (Phi) is 7.31. The molecule has 3 aromatic rings. The van der Waals surface area contributed by atoms with Crippen LogP contribution < -0.4 is 10.5 Å². The van der Waals surface area contributed by atoms with E-state index in [1.807, 2.05) is 61.5 Å². The molecule has 178 valence electrons. The normalized spacial score (nSPS) is 15.9. The van der Waals surface area contributed by atoms with Gasteiger partial charge in [0.1, 0.15) is 25.3 Å². The fourth-order valence-electron chi connectivity index (χ4n) is 3.49. The van der Waals surface area contributed by atoms with Crippen molar-refractivity contribution in [1.82, 2.24) is 10.1 Å². The van der Waals surface area contributed by atoms with Gasteiger partial charge in [-0.2, -0.15) is 0 Å². The summed E-state index contributed by atoms with van der Waals surface area (Å²) >= 11 is 0. The molecule has 1 unspecified atom stereocenters. The lowest BCUT2D eigenvalue weighted by Gasteiger charge is -2.30. The van der Waals surface area contributed by atoms with Gasteiger partial charge in [0.2, 0.25) is 0 Å². The number of nitrogens with two attached hydrogens (primary N) is 1. The minimum Gasteiger partial charge on any atom is -0.489 e.